The molecule has 7 aromatic rings. The SMILES string of the molecule is CCOC(=O)C[C@H](C[C@H](COC(c1ccccc1)(c1ccccc1)c1ccccc1)O[Si](c1ccccc1)(c1ccccc1)C(C)(C)C)O[Si](c1ccccc1)(c1ccccc1)C(C)(C)C. The molecule has 5 nitrogen and oxygen atoms in total. The smallest absolute Gasteiger partial charge is 0.308 e. The standard InChI is InChI=1S/C59H66O5Si2/c1-8-61-56(60)45-50(63-65(57(2,3)4,52-36-22-12-23-37-52)53-38-24-13-25-39-53)44-51(64-66(58(5,6)7,54-40-26-14-27-41-54)55-42-28-15-29-43-55)46-62-59(47-30-16-9-17-31-47,48-32-18-10-19-33-48)49-34-20-11-21-35-49/h9-43,50-51H,8,44-46H2,1-7H3/t50-,51+/m0/s1. The minimum atomic E-state index is -3.23. The minimum Gasteiger partial charge on any atom is -0.466 e. The predicted molar refractivity (Wildman–Crippen MR) is 276 cm³/mol. The quantitative estimate of drug-likeness (QED) is 0.0460. The van der Waals surface area contributed by atoms with E-state index in [4.69, 9.17) is 18.3 Å². The minimum absolute atomic E-state index is 0.0418. The fourth-order valence-electron chi connectivity index (χ4n) is 9.89. The van der Waals surface area contributed by atoms with Crippen molar-refractivity contribution in [2.24, 2.45) is 0 Å². The zero-order valence-electron chi connectivity index (χ0n) is 39.7. The molecule has 0 aliphatic rings. The number of esters is 1. The molecule has 0 bridgehead atoms. The predicted octanol–water partition coefficient (Wildman–Crippen LogP) is 11.2. The lowest BCUT2D eigenvalue weighted by atomic mass is 9.80. The van der Waals surface area contributed by atoms with Gasteiger partial charge >= 0.3 is 5.97 Å². The van der Waals surface area contributed by atoms with Gasteiger partial charge in [0, 0.05) is 6.42 Å². The summed E-state index contributed by atoms with van der Waals surface area (Å²) in [5, 5.41) is 3.88. The van der Waals surface area contributed by atoms with Crippen LogP contribution in [0.5, 0.6) is 0 Å². The second kappa shape index (κ2) is 21.3. The van der Waals surface area contributed by atoms with Gasteiger partial charge in [0.1, 0.15) is 5.60 Å². The van der Waals surface area contributed by atoms with Gasteiger partial charge in [0.15, 0.2) is 0 Å². The van der Waals surface area contributed by atoms with Crippen LogP contribution >= 0.6 is 0 Å². The van der Waals surface area contributed by atoms with Gasteiger partial charge in [-0.2, -0.15) is 0 Å². The zero-order chi connectivity index (χ0) is 46.7. The Hall–Kier alpha value is -5.68. The molecule has 0 N–H and O–H groups in total. The first-order chi connectivity index (χ1) is 31.8. The van der Waals surface area contributed by atoms with Crippen molar-refractivity contribution in [2.45, 2.75) is 89.2 Å². The Morgan fingerprint density at radius 2 is 0.727 bits per heavy atom. The van der Waals surface area contributed by atoms with Gasteiger partial charge in [-0.15, -0.1) is 0 Å². The summed E-state index contributed by atoms with van der Waals surface area (Å²) in [5.74, 6) is -0.308. The molecule has 0 saturated carbocycles. The Kier molecular flexibility index (Phi) is 15.6. The van der Waals surface area contributed by atoms with Crippen LogP contribution < -0.4 is 20.7 Å². The summed E-state index contributed by atoms with van der Waals surface area (Å²) in [7, 11) is -6.43. The van der Waals surface area contributed by atoms with Gasteiger partial charge in [-0.25, -0.2) is 0 Å². The first kappa shape index (κ1) is 48.3. The first-order valence-electron chi connectivity index (χ1n) is 23.4. The first-order valence-corrected chi connectivity index (χ1v) is 27.2. The van der Waals surface area contributed by atoms with E-state index in [0.29, 0.717) is 6.42 Å². The van der Waals surface area contributed by atoms with Crippen LogP contribution in [-0.2, 0) is 28.7 Å². The third kappa shape index (κ3) is 10.2. The van der Waals surface area contributed by atoms with E-state index >= 15 is 0 Å². The molecule has 0 radical (unpaired) electrons. The molecule has 0 heterocycles. The Balaban J connectivity index is 1.46. The van der Waals surface area contributed by atoms with E-state index < -0.39 is 34.4 Å². The molecule has 0 aliphatic carbocycles. The van der Waals surface area contributed by atoms with Gasteiger partial charge in [-0.3, -0.25) is 4.79 Å². The average Bonchev–Trinajstić information content (AvgIpc) is 3.34. The van der Waals surface area contributed by atoms with E-state index in [1.807, 2.05) is 25.1 Å². The third-order valence-corrected chi connectivity index (χ3v) is 23.0. The third-order valence-electron chi connectivity index (χ3n) is 12.8. The van der Waals surface area contributed by atoms with Crippen molar-refractivity contribution < 1.29 is 23.1 Å². The van der Waals surface area contributed by atoms with Crippen molar-refractivity contribution in [3.05, 3.63) is 229 Å². The molecule has 0 saturated heterocycles. The molecule has 0 spiro atoms. The van der Waals surface area contributed by atoms with Crippen LogP contribution in [0, 0.1) is 0 Å². The van der Waals surface area contributed by atoms with Crippen molar-refractivity contribution in [3.8, 4) is 0 Å². The van der Waals surface area contributed by atoms with E-state index in [0.717, 1.165) is 37.4 Å². The normalized spacial score (nSPS) is 13.4. The Morgan fingerprint density at radius 1 is 0.439 bits per heavy atom. The Bertz CT molecular complexity index is 2350. The fourth-order valence-corrected chi connectivity index (χ4v) is 19.3. The highest BCUT2D eigenvalue weighted by Crippen LogP contribution is 2.44. The summed E-state index contributed by atoms with van der Waals surface area (Å²) in [6.07, 6.45) is -0.811. The van der Waals surface area contributed by atoms with E-state index in [-0.39, 0.29) is 35.7 Å². The average molecular weight is 911 g/mol. The maximum Gasteiger partial charge on any atom is 0.308 e. The molecule has 0 aliphatic heterocycles. The maximum absolute atomic E-state index is 14.1. The van der Waals surface area contributed by atoms with Crippen LogP contribution in [0.15, 0.2) is 212 Å². The van der Waals surface area contributed by atoms with Crippen molar-refractivity contribution >= 4 is 43.4 Å². The van der Waals surface area contributed by atoms with Crippen LogP contribution in [0.3, 0.4) is 0 Å². The summed E-state index contributed by atoms with van der Waals surface area (Å²) in [6.45, 7) is 16.0. The molecule has 0 aromatic heterocycles. The molecule has 0 fully saturated rings. The molecule has 7 heteroatoms. The summed E-state index contributed by atoms with van der Waals surface area (Å²) in [4.78, 5) is 14.1. The van der Waals surface area contributed by atoms with Gasteiger partial charge in [0.2, 0.25) is 0 Å². The molecule has 0 unspecified atom stereocenters. The van der Waals surface area contributed by atoms with Crippen molar-refractivity contribution in [1.29, 1.82) is 0 Å². The molecule has 66 heavy (non-hydrogen) atoms. The monoisotopic (exact) mass is 910 g/mol. The van der Waals surface area contributed by atoms with E-state index in [2.05, 4.69) is 236 Å². The number of hydrogen-bond acceptors (Lipinski definition) is 5. The van der Waals surface area contributed by atoms with Gasteiger partial charge in [0.25, 0.3) is 16.6 Å². The van der Waals surface area contributed by atoms with Crippen LogP contribution in [-0.4, -0.2) is 48.0 Å². The van der Waals surface area contributed by atoms with Crippen molar-refractivity contribution in [3.63, 3.8) is 0 Å². The zero-order valence-corrected chi connectivity index (χ0v) is 41.7. The molecule has 7 aromatic carbocycles. The lowest BCUT2D eigenvalue weighted by Crippen LogP contribution is -2.69. The molecular formula is C59H66O5Si2. The number of ether oxygens (including phenoxy) is 2. The van der Waals surface area contributed by atoms with Crippen LogP contribution in [0.25, 0.3) is 0 Å². The van der Waals surface area contributed by atoms with Gasteiger partial charge in [-0.1, -0.05) is 254 Å². The number of rotatable bonds is 19. The molecule has 2 atom stereocenters. The number of carbonyl (C=O) groups excluding carboxylic acids is 1. The van der Waals surface area contributed by atoms with E-state index in [1.165, 1.54) is 0 Å². The number of benzene rings is 7. The largest absolute Gasteiger partial charge is 0.466 e. The van der Waals surface area contributed by atoms with Crippen LogP contribution in [0.4, 0.5) is 0 Å². The van der Waals surface area contributed by atoms with Gasteiger partial charge < -0.3 is 18.3 Å². The highest BCUT2D eigenvalue weighted by molar-refractivity contribution is 7.00. The lowest BCUT2D eigenvalue weighted by Gasteiger charge is -2.48. The van der Waals surface area contributed by atoms with Gasteiger partial charge in [-0.05, 0) is 54.4 Å². The number of carbonyl (C=O) groups is 1. The van der Waals surface area contributed by atoms with Crippen molar-refractivity contribution in [2.75, 3.05) is 13.2 Å². The molecule has 340 valence electrons. The second-order valence-corrected chi connectivity index (χ2v) is 27.6. The lowest BCUT2D eigenvalue weighted by molar-refractivity contribution is -0.145. The highest BCUT2D eigenvalue weighted by atomic mass is 28.4. The molecule has 7 rings (SSSR count). The molecule has 0 amide bonds. The fraction of sp³-hybridized carbons (Fsp3) is 0.271. The van der Waals surface area contributed by atoms with Gasteiger partial charge in [0.05, 0.1) is 31.8 Å². The number of hydrogen-bond donors (Lipinski definition) is 0. The Labute approximate surface area is 396 Å². The summed E-state index contributed by atoms with van der Waals surface area (Å²) >= 11 is 0. The Morgan fingerprint density at radius 3 is 1.02 bits per heavy atom. The highest BCUT2D eigenvalue weighted by Gasteiger charge is 2.54. The summed E-state index contributed by atoms with van der Waals surface area (Å²) in [6, 6.07) is 74.2. The summed E-state index contributed by atoms with van der Waals surface area (Å²) in [5.41, 5.74) is 1.97. The van der Waals surface area contributed by atoms with Crippen LogP contribution in [0.1, 0.15) is 78.0 Å². The van der Waals surface area contributed by atoms with Crippen LogP contribution in [0.2, 0.25) is 10.1 Å². The summed E-state index contributed by atoms with van der Waals surface area (Å²) < 4.78 is 29.6. The topological polar surface area (TPSA) is 54.0 Å². The van der Waals surface area contributed by atoms with Crippen molar-refractivity contribution in [1.82, 2.24) is 0 Å². The van der Waals surface area contributed by atoms with E-state index in [9.17, 15) is 4.79 Å². The second-order valence-electron chi connectivity index (χ2n) is 19.1. The molecular weight excluding hydrogens is 845 g/mol. The van der Waals surface area contributed by atoms with E-state index in [1.54, 1.807) is 0 Å². The maximum atomic E-state index is 14.1.